The van der Waals surface area contributed by atoms with E-state index in [0.29, 0.717) is 6.04 Å². The number of rotatable bonds is 2. The highest BCUT2D eigenvalue weighted by atomic mass is 35.5. The molecule has 1 aromatic heterocycles. The van der Waals surface area contributed by atoms with Gasteiger partial charge in [0.25, 0.3) is 0 Å². The molecule has 2 N–H and O–H groups in total. The van der Waals surface area contributed by atoms with Crippen LogP contribution < -0.4 is 5.73 Å². The van der Waals surface area contributed by atoms with Gasteiger partial charge in [0, 0.05) is 17.3 Å². The first-order valence-electron chi connectivity index (χ1n) is 7.18. The zero-order valence-electron chi connectivity index (χ0n) is 11.8. The van der Waals surface area contributed by atoms with Crippen LogP contribution in [0.4, 0.5) is 5.69 Å². The molecule has 1 aliphatic rings. The van der Waals surface area contributed by atoms with Crippen LogP contribution in [0.15, 0.2) is 36.4 Å². The van der Waals surface area contributed by atoms with E-state index in [4.69, 9.17) is 22.3 Å². The molecule has 0 amide bonds. The van der Waals surface area contributed by atoms with Gasteiger partial charge in [0.15, 0.2) is 0 Å². The van der Waals surface area contributed by atoms with Crippen molar-refractivity contribution in [2.24, 2.45) is 0 Å². The van der Waals surface area contributed by atoms with Crippen LogP contribution in [0.3, 0.4) is 0 Å². The summed E-state index contributed by atoms with van der Waals surface area (Å²) < 4.78 is 2.29. The molecule has 0 radical (unpaired) electrons. The van der Waals surface area contributed by atoms with E-state index in [-0.39, 0.29) is 0 Å². The summed E-state index contributed by atoms with van der Waals surface area (Å²) in [4.78, 5) is 4.83. The summed E-state index contributed by atoms with van der Waals surface area (Å²) in [5, 5.41) is 0.764. The number of nitrogens with zero attached hydrogens (tertiary/aromatic N) is 2. The monoisotopic (exact) mass is 297 g/mol. The van der Waals surface area contributed by atoms with Crippen LogP contribution in [-0.2, 0) is 0 Å². The highest BCUT2D eigenvalue weighted by Crippen LogP contribution is 2.43. The highest BCUT2D eigenvalue weighted by molar-refractivity contribution is 6.35. The lowest BCUT2D eigenvalue weighted by Crippen LogP contribution is -2.00. The van der Waals surface area contributed by atoms with Crippen LogP contribution in [0.5, 0.6) is 0 Å². The van der Waals surface area contributed by atoms with Gasteiger partial charge in [0.05, 0.1) is 16.1 Å². The third-order valence-corrected chi connectivity index (χ3v) is 4.49. The Morgan fingerprint density at radius 1 is 1.19 bits per heavy atom. The molecule has 0 bridgehead atoms. The van der Waals surface area contributed by atoms with Gasteiger partial charge in [0.1, 0.15) is 5.82 Å². The van der Waals surface area contributed by atoms with E-state index >= 15 is 0 Å². The number of hydrogen-bond donors (Lipinski definition) is 1. The molecule has 1 aliphatic carbocycles. The second kappa shape index (κ2) is 4.50. The van der Waals surface area contributed by atoms with Crippen molar-refractivity contribution in [3.63, 3.8) is 0 Å². The maximum atomic E-state index is 6.42. The second-order valence-electron chi connectivity index (χ2n) is 5.66. The standard InChI is InChI=1S/C17H16ClN3/c1-10-12(4-2-6-14(10)19)17-20-15-7-3-5-13(18)16(15)21(17)11-8-9-11/h2-7,11H,8-9,19H2,1H3. The second-order valence-corrected chi connectivity index (χ2v) is 6.07. The molecule has 0 spiro atoms. The van der Waals surface area contributed by atoms with Gasteiger partial charge in [-0.3, -0.25) is 0 Å². The predicted octanol–water partition coefficient (Wildman–Crippen LogP) is 4.58. The molecule has 21 heavy (non-hydrogen) atoms. The summed E-state index contributed by atoms with van der Waals surface area (Å²) in [6, 6.07) is 12.4. The average Bonchev–Trinajstić information content (AvgIpc) is 3.23. The summed E-state index contributed by atoms with van der Waals surface area (Å²) in [7, 11) is 0. The van der Waals surface area contributed by atoms with Gasteiger partial charge >= 0.3 is 0 Å². The third kappa shape index (κ3) is 1.92. The van der Waals surface area contributed by atoms with Crippen LogP contribution in [0, 0.1) is 6.92 Å². The average molecular weight is 298 g/mol. The number of halogens is 1. The Morgan fingerprint density at radius 2 is 1.95 bits per heavy atom. The minimum atomic E-state index is 0.505. The quantitative estimate of drug-likeness (QED) is 0.703. The van der Waals surface area contributed by atoms with E-state index in [1.54, 1.807) is 0 Å². The number of nitrogen functional groups attached to an aromatic ring is 1. The largest absolute Gasteiger partial charge is 0.398 e. The Morgan fingerprint density at radius 3 is 2.71 bits per heavy atom. The molecule has 1 saturated carbocycles. The Hall–Kier alpha value is -2.00. The van der Waals surface area contributed by atoms with Gasteiger partial charge in [0.2, 0.25) is 0 Å². The van der Waals surface area contributed by atoms with Crippen molar-refractivity contribution in [2.75, 3.05) is 5.73 Å². The van der Waals surface area contributed by atoms with E-state index in [9.17, 15) is 0 Å². The smallest absolute Gasteiger partial charge is 0.141 e. The van der Waals surface area contributed by atoms with Crippen molar-refractivity contribution < 1.29 is 0 Å². The Labute approximate surface area is 128 Å². The van der Waals surface area contributed by atoms with E-state index in [1.165, 1.54) is 12.8 Å². The van der Waals surface area contributed by atoms with E-state index < -0.39 is 0 Å². The third-order valence-electron chi connectivity index (χ3n) is 4.19. The molecule has 4 rings (SSSR count). The predicted molar refractivity (Wildman–Crippen MR) is 87.6 cm³/mol. The van der Waals surface area contributed by atoms with Gasteiger partial charge in [-0.05, 0) is 43.5 Å². The van der Waals surface area contributed by atoms with Crippen LogP contribution >= 0.6 is 11.6 Å². The lowest BCUT2D eigenvalue weighted by Gasteiger charge is -2.11. The Bertz CT molecular complexity index is 847. The van der Waals surface area contributed by atoms with Crippen LogP contribution in [-0.4, -0.2) is 9.55 Å². The molecule has 106 valence electrons. The van der Waals surface area contributed by atoms with E-state index in [0.717, 1.165) is 38.7 Å². The maximum absolute atomic E-state index is 6.42. The van der Waals surface area contributed by atoms with Gasteiger partial charge < -0.3 is 10.3 Å². The molecule has 3 aromatic rings. The molecule has 1 fully saturated rings. The summed E-state index contributed by atoms with van der Waals surface area (Å²) in [6.07, 6.45) is 2.37. The van der Waals surface area contributed by atoms with Crippen molar-refractivity contribution in [1.82, 2.24) is 9.55 Å². The van der Waals surface area contributed by atoms with Crippen molar-refractivity contribution in [3.05, 3.63) is 47.0 Å². The summed E-state index contributed by atoms with van der Waals surface area (Å²) in [5.74, 6) is 0.977. The number of fused-ring (bicyclic) bond motifs is 1. The van der Waals surface area contributed by atoms with Crippen LogP contribution in [0.2, 0.25) is 5.02 Å². The normalized spacial score (nSPS) is 14.8. The molecule has 0 aliphatic heterocycles. The lowest BCUT2D eigenvalue weighted by atomic mass is 10.1. The first kappa shape index (κ1) is 12.7. The lowest BCUT2D eigenvalue weighted by molar-refractivity contribution is 0.775. The number of imidazole rings is 1. The summed E-state index contributed by atoms with van der Waals surface area (Å²) >= 11 is 6.42. The Balaban J connectivity index is 2.07. The minimum absolute atomic E-state index is 0.505. The minimum Gasteiger partial charge on any atom is -0.398 e. The SMILES string of the molecule is Cc1c(N)cccc1-c1nc2cccc(Cl)c2n1C1CC1. The topological polar surface area (TPSA) is 43.8 Å². The molecular weight excluding hydrogens is 282 g/mol. The van der Waals surface area contributed by atoms with Crippen molar-refractivity contribution in [1.29, 1.82) is 0 Å². The van der Waals surface area contributed by atoms with Crippen molar-refractivity contribution in [2.45, 2.75) is 25.8 Å². The van der Waals surface area contributed by atoms with Crippen LogP contribution in [0.25, 0.3) is 22.4 Å². The molecule has 0 unspecified atom stereocenters. The number of nitrogens with two attached hydrogens (primary N) is 1. The molecule has 3 nitrogen and oxygen atoms in total. The van der Waals surface area contributed by atoms with Crippen molar-refractivity contribution >= 4 is 28.3 Å². The van der Waals surface area contributed by atoms with Gasteiger partial charge in [-0.1, -0.05) is 29.8 Å². The number of anilines is 1. The van der Waals surface area contributed by atoms with Gasteiger partial charge in [-0.2, -0.15) is 0 Å². The fourth-order valence-electron chi connectivity index (χ4n) is 2.88. The van der Waals surface area contributed by atoms with Crippen LogP contribution in [0.1, 0.15) is 24.4 Å². The van der Waals surface area contributed by atoms with E-state index in [1.807, 2.05) is 37.3 Å². The number of para-hydroxylation sites is 1. The molecular formula is C17H16ClN3. The zero-order valence-corrected chi connectivity index (χ0v) is 12.6. The number of aromatic nitrogens is 2. The molecule has 2 aromatic carbocycles. The Kier molecular flexibility index (Phi) is 2.73. The zero-order chi connectivity index (χ0) is 14.6. The van der Waals surface area contributed by atoms with Crippen molar-refractivity contribution in [3.8, 4) is 11.4 Å². The summed E-state index contributed by atoms with van der Waals surface area (Å²) in [5.41, 5.74) is 11.0. The molecule has 4 heteroatoms. The maximum Gasteiger partial charge on any atom is 0.141 e. The first-order chi connectivity index (χ1) is 10.2. The van der Waals surface area contributed by atoms with Gasteiger partial charge in [-0.15, -0.1) is 0 Å². The van der Waals surface area contributed by atoms with E-state index in [2.05, 4.69) is 10.6 Å². The first-order valence-corrected chi connectivity index (χ1v) is 7.56. The summed E-state index contributed by atoms with van der Waals surface area (Å²) in [6.45, 7) is 2.04. The fourth-order valence-corrected chi connectivity index (χ4v) is 3.14. The fraction of sp³-hybridized carbons (Fsp3) is 0.235. The molecule has 0 atom stereocenters. The number of benzene rings is 2. The highest BCUT2D eigenvalue weighted by Gasteiger charge is 2.30. The van der Waals surface area contributed by atoms with Gasteiger partial charge in [-0.25, -0.2) is 4.98 Å². The molecule has 1 heterocycles. The molecule has 0 saturated heterocycles. The number of hydrogen-bond acceptors (Lipinski definition) is 2.